The lowest BCUT2D eigenvalue weighted by atomic mass is 10.4. The molecule has 0 fully saturated rings. The third-order valence-electron chi connectivity index (χ3n) is 1.96. The number of carbonyl (C=O) groups excluding carboxylic acids is 1. The van der Waals surface area contributed by atoms with Gasteiger partial charge >= 0.3 is 5.97 Å². The molecule has 0 saturated carbocycles. The van der Waals surface area contributed by atoms with Crippen molar-refractivity contribution in [3.05, 3.63) is 11.8 Å². The van der Waals surface area contributed by atoms with Gasteiger partial charge in [0.15, 0.2) is 12.2 Å². The van der Waals surface area contributed by atoms with Gasteiger partial charge in [-0.25, -0.2) is 4.68 Å². The van der Waals surface area contributed by atoms with Gasteiger partial charge in [-0.1, -0.05) is 0 Å². The van der Waals surface area contributed by atoms with E-state index in [-0.39, 0.29) is 12.6 Å². The molecule has 0 aliphatic carbocycles. The van der Waals surface area contributed by atoms with Crippen molar-refractivity contribution in [3.63, 3.8) is 0 Å². The summed E-state index contributed by atoms with van der Waals surface area (Å²) in [7, 11) is 0. The van der Waals surface area contributed by atoms with Crippen molar-refractivity contribution in [1.82, 2.24) is 9.78 Å². The molecule has 0 aliphatic heterocycles. The second-order valence-electron chi connectivity index (χ2n) is 3.25. The first-order valence-electron chi connectivity index (χ1n) is 5.42. The molecule has 1 rings (SSSR count). The number of nitriles is 1. The van der Waals surface area contributed by atoms with Crippen LogP contribution in [0.4, 0.5) is 5.82 Å². The van der Waals surface area contributed by atoms with E-state index in [0.717, 1.165) is 0 Å². The van der Waals surface area contributed by atoms with Gasteiger partial charge in [-0.2, -0.15) is 15.4 Å². The number of hydrogen-bond acceptors (Lipinski definition) is 6. The highest BCUT2D eigenvalue weighted by atomic mass is 16.5. The summed E-state index contributed by atoms with van der Waals surface area (Å²) in [6.45, 7) is 4.17. The van der Waals surface area contributed by atoms with Gasteiger partial charge < -0.3 is 9.47 Å². The number of ether oxygens (including phenoxy) is 2. The molecule has 0 N–H and O–H groups in total. The first-order valence-corrected chi connectivity index (χ1v) is 5.42. The van der Waals surface area contributed by atoms with Gasteiger partial charge in [-0.3, -0.25) is 4.79 Å². The molecule has 0 radical (unpaired) electrons. The lowest BCUT2D eigenvalue weighted by Crippen LogP contribution is -2.09. The molecular weight excluding hydrogens is 236 g/mol. The molecule has 0 saturated heterocycles. The van der Waals surface area contributed by atoms with Crippen molar-refractivity contribution < 1.29 is 14.3 Å². The lowest BCUT2D eigenvalue weighted by molar-refractivity contribution is -0.141. The number of rotatable bonds is 6. The van der Waals surface area contributed by atoms with Gasteiger partial charge in [-0.05, 0) is 6.92 Å². The summed E-state index contributed by atoms with van der Waals surface area (Å²) in [5, 5.41) is 12.9. The summed E-state index contributed by atoms with van der Waals surface area (Å²) in [5.74, 6) is 0.0279. The van der Waals surface area contributed by atoms with E-state index in [0.29, 0.717) is 24.5 Å². The van der Waals surface area contributed by atoms with E-state index in [1.54, 1.807) is 0 Å². The molecule has 0 unspecified atom stereocenters. The fourth-order valence-corrected chi connectivity index (χ4v) is 1.20. The molecule has 1 aromatic rings. The van der Waals surface area contributed by atoms with Crippen LogP contribution in [0.1, 0.15) is 19.4 Å². The molecule has 0 atom stereocenters. The number of aromatic nitrogens is 2. The maximum atomic E-state index is 10.6. The van der Waals surface area contributed by atoms with Gasteiger partial charge in [-0.15, -0.1) is 0 Å². The Morgan fingerprint density at radius 1 is 1.72 bits per heavy atom. The lowest BCUT2D eigenvalue weighted by Gasteiger charge is -2.04. The Bertz CT molecular complexity index is 473. The van der Waals surface area contributed by atoms with Crippen molar-refractivity contribution in [1.29, 1.82) is 5.26 Å². The zero-order valence-corrected chi connectivity index (χ0v) is 10.3. The van der Waals surface area contributed by atoms with Crippen LogP contribution in [0.15, 0.2) is 11.2 Å². The SMILES string of the molecule is CCO/C=N/c1c(C#N)cnn1CCOC(C)=O. The third-order valence-corrected chi connectivity index (χ3v) is 1.96. The topological polar surface area (TPSA) is 89.5 Å². The summed E-state index contributed by atoms with van der Waals surface area (Å²) in [5.41, 5.74) is 0.341. The molecule has 18 heavy (non-hydrogen) atoms. The highest BCUT2D eigenvalue weighted by Gasteiger charge is 2.09. The summed E-state index contributed by atoms with van der Waals surface area (Å²) < 4.78 is 11.3. The Balaban J connectivity index is 2.75. The van der Waals surface area contributed by atoms with Crippen LogP contribution >= 0.6 is 0 Å². The van der Waals surface area contributed by atoms with E-state index in [9.17, 15) is 4.79 Å². The highest BCUT2D eigenvalue weighted by molar-refractivity contribution is 5.65. The molecule has 1 aromatic heterocycles. The smallest absolute Gasteiger partial charge is 0.302 e. The normalized spacial score (nSPS) is 10.3. The van der Waals surface area contributed by atoms with Crippen LogP contribution < -0.4 is 0 Å². The van der Waals surface area contributed by atoms with Gasteiger partial charge in [0.25, 0.3) is 0 Å². The molecule has 1 heterocycles. The fourth-order valence-electron chi connectivity index (χ4n) is 1.20. The van der Waals surface area contributed by atoms with Gasteiger partial charge in [0.1, 0.15) is 18.2 Å². The first kappa shape index (κ1) is 13.7. The van der Waals surface area contributed by atoms with Crippen LogP contribution in [0, 0.1) is 11.3 Å². The average Bonchev–Trinajstić information content (AvgIpc) is 2.72. The largest absolute Gasteiger partial charge is 0.483 e. The number of aliphatic imine (C=N–C) groups is 1. The number of hydrogen-bond donors (Lipinski definition) is 0. The third kappa shape index (κ3) is 3.90. The zero-order valence-electron chi connectivity index (χ0n) is 10.3. The van der Waals surface area contributed by atoms with Crippen LogP contribution in [-0.2, 0) is 20.8 Å². The maximum absolute atomic E-state index is 10.6. The van der Waals surface area contributed by atoms with Crippen LogP contribution in [0.2, 0.25) is 0 Å². The summed E-state index contributed by atoms with van der Waals surface area (Å²) in [6, 6.07) is 1.98. The molecule has 96 valence electrons. The predicted octanol–water partition coefficient (Wildman–Crippen LogP) is 1.01. The van der Waals surface area contributed by atoms with E-state index < -0.39 is 0 Å². The first-order chi connectivity index (χ1) is 8.69. The minimum Gasteiger partial charge on any atom is -0.483 e. The van der Waals surface area contributed by atoms with Gasteiger partial charge in [0, 0.05) is 6.92 Å². The molecule has 0 amide bonds. The van der Waals surface area contributed by atoms with Crippen LogP contribution in [-0.4, -0.2) is 35.4 Å². The van der Waals surface area contributed by atoms with E-state index in [1.807, 2.05) is 13.0 Å². The van der Waals surface area contributed by atoms with E-state index >= 15 is 0 Å². The van der Waals surface area contributed by atoms with E-state index in [2.05, 4.69) is 10.1 Å². The Morgan fingerprint density at radius 3 is 3.11 bits per heavy atom. The average molecular weight is 250 g/mol. The van der Waals surface area contributed by atoms with Gasteiger partial charge in [0.05, 0.1) is 19.3 Å². The summed E-state index contributed by atoms with van der Waals surface area (Å²) in [4.78, 5) is 14.7. The molecule has 0 aliphatic rings. The maximum Gasteiger partial charge on any atom is 0.302 e. The van der Waals surface area contributed by atoms with Crippen molar-refractivity contribution >= 4 is 18.2 Å². The number of carbonyl (C=O) groups is 1. The second-order valence-corrected chi connectivity index (χ2v) is 3.25. The van der Waals surface area contributed by atoms with Crippen LogP contribution in [0.5, 0.6) is 0 Å². The van der Waals surface area contributed by atoms with Crippen molar-refractivity contribution in [2.24, 2.45) is 4.99 Å². The Morgan fingerprint density at radius 2 is 2.50 bits per heavy atom. The second kappa shape index (κ2) is 7.06. The minimum atomic E-state index is -0.359. The number of nitrogens with zero attached hydrogens (tertiary/aromatic N) is 4. The summed E-state index contributed by atoms with van der Waals surface area (Å²) in [6.07, 6.45) is 2.67. The highest BCUT2D eigenvalue weighted by Crippen LogP contribution is 2.17. The quantitative estimate of drug-likeness (QED) is 0.427. The minimum absolute atomic E-state index is 0.180. The summed E-state index contributed by atoms with van der Waals surface area (Å²) >= 11 is 0. The molecule has 0 aromatic carbocycles. The van der Waals surface area contributed by atoms with E-state index in [4.69, 9.17) is 14.7 Å². The Labute approximate surface area is 105 Å². The number of esters is 1. The van der Waals surface area contributed by atoms with Gasteiger partial charge in [0.2, 0.25) is 0 Å². The predicted molar refractivity (Wildman–Crippen MR) is 63.4 cm³/mol. The zero-order chi connectivity index (χ0) is 13.4. The Kier molecular flexibility index (Phi) is 5.38. The molecule has 0 spiro atoms. The van der Waals surface area contributed by atoms with Crippen LogP contribution in [0.25, 0.3) is 0 Å². The molecule has 7 heteroatoms. The fraction of sp³-hybridized carbons (Fsp3) is 0.455. The van der Waals surface area contributed by atoms with Crippen molar-refractivity contribution in [2.75, 3.05) is 13.2 Å². The van der Waals surface area contributed by atoms with Crippen molar-refractivity contribution in [3.8, 4) is 6.07 Å². The standard InChI is InChI=1S/C11H14N4O3/c1-3-17-8-13-11-10(6-12)7-14-15(11)4-5-18-9(2)16/h7-8H,3-5H2,1-2H3/b13-8+. The van der Waals surface area contributed by atoms with Crippen molar-refractivity contribution in [2.45, 2.75) is 20.4 Å². The Hall–Kier alpha value is -2.36. The van der Waals surface area contributed by atoms with Crippen LogP contribution in [0.3, 0.4) is 0 Å². The molecule has 7 nitrogen and oxygen atoms in total. The monoisotopic (exact) mass is 250 g/mol. The molecule has 0 bridgehead atoms. The molecular formula is C11H14N4O3. The van der Waals surface area contributed by atoms with E-state index in [1.165, 1.54) is 24.2 Å².